The van der Waals surface area contributed by atoms with E-state index in [-0.39, 0.29) is 84.6 Å². The largest absolute Gasteiger partial charge is 0.478 e. The molecule has 0 aromatic heterocycles. The van der Waals surface area contributed by atoms with Crippen molar-refractivity contribution in [2.45, 2.75) is 0 Å². The van der Waals surface area contributed by atoms with Crippen molar-refractivity contribution < 1.29 is 50.6 Å². The Kier molecular flexibility index (Phi) is 15.4. The van der Waals surface area contributed by atoms with E-state index < -0.39 is 23.9 Å². The molecular weight excluding hydrogens is 391 g/mol. The number of benzene rings is 2. The van der Waals surface area contributed by atoms with Crippen molar-refractivity contribution in [1.82, 2.24) is 0 Å². The fourth-order valence-electron chi connectivity index (χ4n) is 1.71. The summed E-state index contributed by atoms with van der Waals surface area (Å²) in [5, 5.41) is 34.2. The molecule has 10 nitrogen and oxygen atoms in total. The van der Waals surface area contributed by atoms with E-state index >= 15 is 0 Å². The van der Waals surface area contributed by atoms with E-state index in [0.717, 1.165) is 0 Å². The number of carboxylic acid groups (broad SMARTS) is 4. The summed E-state index contributed by atoms with van der Waals surface area (Å²) in [7, 11) is 0. The van der Waals surface area contributed by atoms with Gasteiger partial charge in [0.25, 0.3) is 0 Å². The first kappa shape index (κ1) is 29.6. The Labute approximate surface area is 195 Å². The smallest absolute Gasteiger partial charge is 0.336 e. The van der Waals surface area contributed by atoms with Gasteiger partial charge in [-0.1, -0.05) is 24.3 Å². The van der Waals surface area contributed by atoms with Gasteiger partial charge < -0.3 is 31.4 Å². The van der Waals surface area contributed by atoms with Gasteiger partial charge >= 0.3 is 23.9 Å². The maximum absolute atomic E-state index is 10.5. The van der Waals surface area contributed by atoms with Crippen LogP contribution >= 0.6 is 0 Å². The molecule has 0 atom stereocenters. The molecule has 2 rings (SSSR count). The summed E-state index contributed by atoms with van der Waals surface area (Å²) < 4.78 is 0. The normalized spacial score (nSPS) is 8.30. The molecule has 0 spiro atoms. The van der Waals surface area contributed by atoms with Gasteiger partial charge in [-0.05, 0) is 24.3 Å². The number of hydrogen-bond acceptors (Lipinski definition) is 4. The molecular formula is C16H16KO10. The number of carbonyl (C=O) groups is 4. The molecule has 11 heteroatoms. The molecule has 8 N–H and O–H groups in total. The molecule has 27 heavy (non-hydrogen) atoms. The minimum Gasteiger partial charge on any atom is -0.478 e. The Morgan fingerprint density at radius 2 is 0.630 bits per heavy atom. The summed E-state index contributed by atoms with van der Waals surface area (Å²) in [5.74, 6) is -4.91. The molecule has 0 heterocycles. The zero-order chi connectivity index (χ0) is 18.3. The number of rotatable bonds is 4. The monoisotopic (exact) mass is 407 g/mol. The second-order valence-electron chi connectivity index (χ2n) is 4.31. The van der Waals surface area contributed by atoms with Crippen LogP contribution in [0.25, 0.3) is 0 Å². The third kappa shape index (κ3) is 8.88. The average molecular weight is 407 g/mol. The van der Waals surface area contributed by atoms with Crippen LogP contribution in [-0.2, 0) is 0 Å². The Morgan fingerprint density at radius 1 is 0.481 bits per heavy atom. The quantitative estimate of drug-likeness (QED) is 0.510. The van der Waals surface area contributed by atoms with Crippen LogP contribution in [0.15, 0.2) is 48.5 Å². The van der Waals surface area contributed by atoms with Crippen LogP contribution in [0.3, 0.4) is 0 Å². The summed E-state index contributed by atoms with van der Waals surface area (Å²) in [6.45, 7) is 0. The fourth-order valence-corrected chi connectivity index (χ4v) is 1.71. The fraction of sp³-hybridized carbons (Fsp3) is 0. The molecule has 0 aliphatic carbocycles. The van der Waals surface area contributed by atoms with Crippen LogP contribution in [-0.4, -0.2) is 107 Å². The van der Waals surface area contributed by atoms with Crippen LogP contribution in [0.1, 0.15) is 41.4 Å². The molecule has 141 valence electrons. The van der Waals surface area contributed by atoms with Crippen LogP contribution in [0.4, 0.5) is 0 Å². The number of carboxylic acids is 4. The molecule has 2 aromatic rings. The van der Waals surface area contributed by atoms with Gasteiger partial charge in [-0.2, -0.15) is 0 Å². The first-order chi connectivity index (χ1) is 11.3. The Bertz CT molecular complexity index is 670. The molecule has 0 saturated carbocycles. The zero-order valence-corrected chi connectivity index (χ0v) is 17.2. The van der Waals surface area contributed by atoms with Crippen molar-refractivity contribution in [3.8, 4) is 0 Å². The van der Waals surface area contributed by atoms with Crippen LogP contribution in [0.2, 0.25) is 0 Å². The van der Waals surface area contributed by atoms with Gasteiger partial charge in [-0.25, -0.2) is 19.2 Å². The minimum absolute atomic E-state index is 0. The van der Waals surface area contributed by atoms with E-state index in [1.165, 1.54) is 48.5 Å². The molecule has 0 aliphatic heterocycles. The van der Waals surface area contributed by atoms with Crippen LogP contribution in [0, 0.1) is 0 Å². The van der Waals surface area contributed by atoms with Crippen molar-refractivity contribution in [3.05, 3.63) is 70.8 Å². The standard InChI is InChI=1S/2C8H6O4.K.2H2O/c2*9-7(10)5-3-1-2-4-6(5)8(11)12;;;/h2*1-4H,(H,9,10)(H,11,12);;2*1H2. The molecule has 0 fully saturated rings. The SMILES string of the molecule is O.O.O=C(O)c1ccccc1C(=O)O.O=C(O)c1ccccc1C(=O)O.[K]. The predicted molar refractivity (Wildman–Crippen MR) is 93.7 cm³/mol. The van der Waals surface area contributed by atoms with E-state index in [4.69, 9.17) is 20.4 Å². The number of aromatic carboxylic acids is 4. The van der Waals surface area contributed by atoms with E-state index in [9.17, 15) is 19.2 Å². The van der Waals surface area contributed by atoms with E-state index in [1.54, 1.807) is 0 Å². The summed E-state index contributed by atoms with van der Waals surface area (Å²) >= 11 is 0. The maximum Gasteiger partial charge on any atom is 0.336 e. The van der Waals surface area contributed by atoms with Gasteiger partial charge in [0.1, 0.15) is 0 Å². The second kappa shape index (κ2) is 14.0. The molecule has 2 aromatic carbocycles. The molecule has 0 unspecified atom stereocenters. The van der Waals surface area contributed by atoms with E-state index in [0.29, 0.717) is 0 Å². The van der Waals surface area contributed by atoms with Crippen LogP contribution in [0.5, 0.6) is 0 Å². The Morgan fingerprint density at radius 3 is 0.741 bits per heavy atom. The van der Waals surface area contributed by atoms with Crippen LogP contribution < -0.4 is 0 Å². The molecule has 0 amide bonds. The molecule has 1 radical (unpaired) electrons. The second-order valence-corrected chi connectivity index (χ2v) is 4.31. The van der Waals surface area contributed by atoms with Gasteiger partial charge in [0.15, 0.2) is 0 Å². The summed E-state index contributed by atoms with van der Waals surface area (Å²) in [5.41, 5.74) is -0.759. The van der Waals surface area contributed by atoms with Gasteiger partial charge in [0, 0.05) is 51.4 Å². The maximum atomic E-state index is 10.5. The van der Waals surface area contributed by atoms with Crippen molar-refractivity contribution in [1.29, 1.82) is 0 Å². The van der Waals surface area contributed by atoms with Crippen molar-refractivity contribution in [3.63, 3.8) is 0 Å². The van der Waals surface area contributed by atoms with Gasteiger partial charge in [0.2, 0.25) is 0 Å². The third-order valence-corrected chi connectivity index (χ3v) is 2.78. The number of hydrogen-bond donors (Lipinski definition) is 4. The van der Waals surface area contributed by atoms with Gasteiger partial charge in [-0.15, -0.1) is 0 Å². The molecule has 0 saturated heterocycles. The van der Waals surface area contributed by atoms with Crippen molar-refractivity contribution in [2.24, 2.45) is 0 Å². The zero-order valence-electron chi connectivity index (χ0n) is 14.0. The third-order valence-electron chi connectivity index (χ3n) is 2.78. The van der Waals surface area contributed by atoms with Gasteiger partial charge in [-0.3, -0.25) is 0 Å². The van der Waals surface area contributed by atoms with Crippen molar-refractivity contribution in [2.75, 3.05) is 0 Å². The van der Waals surface area contributed by atoms with E-state index in [1.807, 2.05) is 0 Å². The summed E-state index contributed by atoms with van der Waals surface area (Å²) in [6, 6.07) is 11.0. The topological polar surface area (TPSA) is 212 Å². The predicted octanol–water partition coefficient (Wildman–Crippen LogP) is 0.136. The molecule has 0 bridgehead atoms. The first-order valence-electron chi connectivity index (χ1n) is 6.37. The van der Waals surface area contributed by atoms with Crippen molar-refractivity contribution >= 4 is 75.3 Å². The summed E-state index contributed by atoms with van der Waals surface area (Å²) in [4.78, 5) is 41.9. The Balaban J connectivity index is -0.000000384. The Hall–Kier alpha value is -2.12. The summed E-state index contributed by atoms with van der Waals surface area (Å²) in [6.07, 6.45) is 0. The van der Waals surface area contributed by atoms with Gasteiger partial charge in [0.05, 0.1) is 22.3 Å². The first-order valence-corrected chi connectivity index (χ1v) is 6.37. The minimum atomic E-state index is -1.23. The average Bonchev–Trinajstić information content (AvgIpc) is 2.55. The van der Waals surface area contributed by atoms with E-state index in [2.05, 4.69) is 0 Å². The molecule has 0 aliphatic rings.